The number of nitrogens with zero attached hydrogens (tertiary/aromatic N) is 4. The molecular weight excluding hydrogens is 380 g/mol. The molecule has 4 N–H and O–H groups in total. The maximum atomic E-state index is 11.2. The number of carboxylic acid groups (broad SMARTS) is 2. The van der Waals surface area contributed by atoms with Gasteiger partial charge >= 0.3 is 11.9 Å². The molecule has 2 heterocycles. The van der Waals surface area contributed by atoms with Crippen molar-refractivity contribution in [3.05, 3.63) is 59.7 Å². The van der Waals surface area contributed by atoms with Crippen molar-refractivity contribution in [3.63, 3.8) is 0 Å². The van der Waals surface area contributed by atoms with Gasteiger partial charge in [-0.3, -0.25) is 0 Å². The van der Waals surface area contributed by atoms with E-state index >= 15 is 0 Å². The third-order valence-corrected chi connectivity index (χ3v) is 3.86. The summed E-state index contributed by atoms with van der Waals surface area (Å²) in [6, 6.07) is 12.3. The number of benzene rings is 2. The van der Waals surface area contributed by atoms with E-state index in [0.717, 1.165) is 0 Å². The second-order valence-electron chi connectivity index (χ2n) is 5.85. The Hall–Kier alpha value is -4.54. The zero-order valence-corrected chi connectivity index (χ0v) is 14.5. The van der Waals surface area contributed by atoms with E-state index in [0.29, 0.717) is 11.4 Å². The minimum Gasteiger partial charge on any atom is -0.478 e. The molecule has 0 atom stereocenters. The lowest BCUT2D eigenvalue weighted by Crippen LogP contribution is -2.05. The molecule has 0 saturated carbocycles. The fraction of sp³-hybridized carbons (Fsp3) is 0. The normalized spacial score (nSPS) is 10.6. The zero-order valence-electron chi connectivity index (χ0n) is 14.5. The number of anilines is 4. The van der Waals surface area contributed by atoms with Crippen LogP contribution < -0.4 is 10.6 Å². The molecule has 29 heavy (non-hydrogen) atoms. The molecule has 0 aliphatic rings. The molecule has 0 spiro atoms. The molecule has 0 fully saturated rings. The minimum absolute atomic E-state index is 0.0933. The Labute approximate surface area is 162 Å². The highest BCUT2D eigenvalue weighted by Crippen LogP contribution is 2.27. The summed E-state index contributed by atoms with van der Waals surface area (Å²) in [5.74, 6) is -1.70. The lowest BCUT2D eigenvalue weighted by Gasteiger charge is -2.12. The molecule has 11 heteroatoms. The van der Waals surface area contributed by atoms with Gasteiger partial charge in [-0.15, -0.1) is 0 Å². The number of nitrogens with one attached hydrogen (secondary N) is 2. The highest BCUT2D eigenvalue weighted by Gasteiger charge is 2.15. The van der Waals surface area contributed by atoms with Crippen LogP contribution in [-0.2, 0) is 0 Å². The van der Waals surface area contributed by atoms with Crippen LogP contribution in [0.5, 0.6) is 0 Å². The molecule has 0 aliphatic heterocycles. The van der Waals surface area contributed by atoms with Crippen molar-refractivity contribution in [2.45, 2.75) is 0 Å². The summed E-state index contributed by atoms with van der Waals surface area (Å²) in [5.41, 5.74) is 1.39. The first kappa shape index (κ1) is 17.9. The van der Waals surface area contributed by atoms with Gasteiger partial charge in [0.2, 0.25) is 11.3 Å². The lowest BCUT2D eigenvalue weighted by atomic mass is 10.2. The van der Waals surface area contributed by atoms with E-state index in [9.17, 15) is 9.59 Å². The van der Waals surface area contributed by atoms with Crippen molar-refractivity contribution >= 4 is 46.2 Å². The summed E-state index contributed by atoms with van der Waals surface area (Å²) in [6.45, 7) is 0. The van der Waals surface area contributed by atoms with Gasteiger partial charge < -0.3 is 20.8 Å². The molecule has 2 aromatic carbocycles. The van der Waals surface area contributed by atoms with Crippen molar-refractivity contribution in [1.29, 1.82) is 0 Å². The van der Waals surface area contributed by atoms with Gasteiger partial charge in [0.15, 0.2) is 11.6 Å². The fourth-order valence-electron chi connectivity index (χ4n) is 2.55. The Morgan fingerprint density at radius 1 is 0.759 bits per heavy atom. The zero-order chi connectivity index (χ0) is 20.4. The van der Waals surface area contributed by atoms with E-state index < -0.39 is 11.9 Å². The Kier molecular flexibility index (Phi) is 4.45. The summed E-state index contributed by atoms with van der Waals surface area (Å²) in [4.78, 5) is 31.0. The summed E-state index contributed by atoms with van der Waals surface area (Å²) in [7, 11) is 0. The topological polar surface area (TPSA) is 163 Å². The van der Waals surface area contributed by atoms with Crippen LogP contribution in [0.25, 0.3) is 11.3 Å². The van der Waals surface area contributed by atoms with E-state index in [4.69, 9.17) is 10.2 Å². The van der Waals surface area contributed by atoms with Crippen molar-refractivity contribution < 1.29 is 24.4 Å². The van der Waals surface area contributed by atoms with Crippen LogP contribution in [0, 0.1) is 0 Å². The van der Waals surface area contributed by atoms with Crippen molar-refractivity contribution in [2.75, 3.05) is 10.6 Å². The van der Waals surface area contributed by atoms with Gasteiger partial charge in [-0.1, -0.05) is 12.1 Å². The SMILES string of the molecule is O=C(O)c1cccc(Nc2nc3nonc3nc2Nc2cccc(C(=O)O)c2)c1. The Bertz CT molecular complexity index is 1140. The molecule has 0 amide bonds. The number of carbonyl (C=O) groups is 2. The summed E-state index contributed by atoms with van der Waals surface area (Å²) >= 11 is 0. The molecule has 2 aromatic heterocycles. The maximum absolute atomic E-state index is 11.2. The Morgan fingerprint density at radius 3 is 1.62 bits per heavy atom. The largest absolute Gasteiger partial charge is 0.478 e. The highest BCUT2D eigenvalue weighted by molar-refractivity contribution is 5.90. The molecule has 0 unspecified atom stereocenters. The molecule has 144 valence electrons. The maximum Gasteiger partial charge on any atom is 0.335 e. The number of carboxylic acids is 2. The van der Waals surface area contributed by atoms with Crippen LogP contribution in [0.3, 0.4) is 0 Å². The van der Waals surface area contributed by atoms with Gasteiger partial charge in [0, 0.05) is 11.4 Å². The van der Waals surface area contributed by atoms with Crippen LogP contribution in [0.4, 0.5) is 23.0 Å². The number of aromatic carboxylic acids is 2. The molecule has 4 aromatic rings. The average molecular weight is 392 g/mol. The highest BCUT2D eigenvalue weighted by atomic mass is 16.6. The molecule has 0 aliphatic carbocycles. The average Bonchev–Trinajstić information content (AvgIpc) is 3.16. The summed E-state index contributed by atoms with van der Waals surface area (Å²) in [5, 5.41) is 31.6. The van der Waals surface area contributed by atoms with Gasteiger partial charge in [-0.05, 0) is 46.7 Å². The number of hydrogen-bond donors (Lipinski definition) is 4. The predicted octanol–water partition coefficient (Wildman–Crippen LogP) is 2.90. The van der Waals surface area contributed by atoms with Crippen molar-refractivity contribution in [3.8, 4) is 0 Å². The second-order valence-corrected chi connectivity index (χ2v) is 5.85. The van der Waals surface area contributed by atoms with Crippen LogP contribution in [0.2, 0.25) is 0 Å². The monoisotopic (exact) mass is 392 g/mol. The van der Waals surface area contributed by atoms with E-state index in [-0.39, 0.29) is 34.1 Å². The predicted molar refractivity (Wildman–Crippen MR) is 101 cm³/mol. The smallest absolute Gasteiger partial charge is 0.335 e. The lowest BCUT2D eigenvalue weighted by molar-refractivity contribution is 0.0686. The molecular formula is C18H12N6O5. The first-order valence-electron chi connectivity index (χ1n) is 8.20. The number of rotatable bonds is 6. The molecule has 11 nitrogen and oxygen atoms in total. The Morgan fingerprint density at radius 2 is 1.21 bits per heavy atom. The third kappa shape index (κ3) is 3.78. The van der Waals surface area contributed by atoms with Crippen LogP contribution in [0.1, 0.15) is 20.7 Å². The van der Waals surface area contributed by atoms with E-state index in [1.807, 2.05) is 0 Å². The quantitative estimate of drug-likeness (QED) is 0.381. The molecule has 4 rings (SSSR count). The fourth-order valence-corrected chi connectivity index (χ4v) is 2.55. The van der Waals surface area contributed by atoms with Crippen LogP contribution in [-0.4, -0.2) is 42.4 Å². The third-order valence-electron chi connectivity index (χ3n) is 3.86. The number of aromatic nitrogens is 4. The van der Waals surface area contributed by atoms with Crippen molar-refractivity contribution in [1.82, 2.24) is 20.3 Å². The van der Waals surface area contributed by atoms with E-state index in [1.165, 1.54) is 24.3 Å². The summed E-state index contributed by atoms with van der Waals surface area (Å²) < 4.78 is 4.64. The standard InChI is InChI=1S/C18H12N6O5/c25-17(26)9-3-1-5-11(7-9)19-13-14(22-16-15(21-13)23-29-24-16)20-12-6-2-4-10(8-12)18(27)28/h1-8H,(H,25,26)(H,27,28)(H,19,21,23)(H,20,22,24). The van der Waals surface area contributed by atoms with Crippen molar-refractivity contribution in [2.24, 2.45) is 0 Å². The minimum atomic E-state index is -1.07. The number of fused-ring (bicyclic) bond motifs is 1. The second kappa shape index (κ2) is 7.23. The molecule has 0 radical (unpaired) electrons. The van der Waals surface area contributed by atoms with Gasteiger partial charge in [0.05, 0.1) is 11.1 Å². The Balaban J connectivity index is 1.73. The first-order chi connectivity index (χ1) is 14.0. The molecule has 0 saturated heterocycles. The van der Waals surface area contributed by atoms with Gasteiger partial charge in [0.25, 0.3) is 0 Å². The van der Waals surface area contributed by atoms with Gasteiger partial charge in [-0.2, -0.15) is 0 Å². The van der Waals surface area contributed by atoms with E-state index in [1.54, 1.807) is 24.3 Å². The van der Waals surface area contributed by atoms with Crippen LogP contribution in [0.15, 0.2) is 53.2 Å². The van der Waals surface area contributed by atoms with Crippen LogP contribution >= 0.6 is 0 Å². The molecule has 0 bridgehead atoms. The van der Waals surface area contributed by atoms with E-state index in [2.05, 4.69) is 35.5 Å². The summed E-state index contributed by atoms with van der Waals surface area (Å²) in [6.07, 6.45) is 0. The van der Waals surface area contributed by atoms with Gasteiger partial charge in [0.1, 0.15) is 0 Å². The number of hydrogen-bond acceptors (Lipinski definition) is 9. The van der Waals surface area contributed by atoms with Gasteiger partial charge in [-0.25, -0.2) is 24.2 Å². The first-order valence-corrected chi connectivity index (χ1v) is 8.20.